The van der Waals surface area contributed by atoms with Crippen molar-refractivity contribution < 1.29 is 17.2 Å². The molecule has 2 aromatic rings. The van der Waals surface area contributed by atoms with Gasteiger partial charge in [0.2, 0.25) is 9.84 Å². The third kappa shape index (κ3) is 3.36. The fourth-order valence-corrected chi connectivity index (χ4v) is 4.17. The number of sulfone groups is 1. The first-order valence-corrected chi connectivity index (χ1v) is 9.84. The van der Waals surface area contributed by atoms with E-state index in [9.17, 15) is 17.2 Å². The lowest BCUT2D eigenvalue weighted by Crippen LogP contribution is -2.46. The lowest BCUT2D eigenvalue weighted by atomic mass is 10.2. The fraction of sp³-hybridized carbons (Fsp3) is 0.400. The van der Waals surface area contributed by atoms with Crippen molar-refractivity contribution in [3.63, 3.8) is 0 Å². The number of aromatic nitrogens is 1. The van der Waals surface area contributed by atoms with Crippen LogP contribution >= 0.6 is 11.3 Å². The number of aryl methyl sites for hydroxylation is 1. The van der Waals surface area contributed by atoms with Crippen LogP contribution in [0.1, 0.15) is 5.69 Å². The minimum Gasteiger partial charge on any atom is -0.368 e. The molecule has 0 spiro atoms. The summed E-state index contributed by atoms with van der Waals surface area (Å²) in [5.41, 5.74) is 1.84. The van der Waals surface area contributed by atoms with E-state index in [1.165, 1.54) is 12.1 Å². The van der Waals surface area contributed by atoms with Crippen LogP contribution in [-0.4, -0.2) is 45.3 Å². The van der Waals surface area contributed by atoms with Crippen LogP contribution in [0.3, 0.4) is 0 Å². The first-order valence-electron chi connectivity index (χ1n) is 7.42. The molecule has 1 aliphatic heterocycles. The molecule has 0 N–H and O–H groups in total. The highest BCUT2D eigenvalue weighted by Crippen LogP contribution is 2.25. The van der Waals surface area contributed by atoms with Crippen LogP contribution < -0.4 is 9.80 Å². The molecule has 0 saturated carbocycles. The van der Waals surface area contributed by atoms with E-state index in [0.29, 0.717) is 0 Å². The van der Waals surface area contributed by atoms with Gasteiger partial charge in [-0.1, -0.05) is 0 Å². The average Bonchev–Trinajstić information content (AvgIpc) is 3.01. The van der Waals surface area contributed by atoms with Gasteiger partial charge in [-0.25, -0.2) is 13.4 Å². The normalized spacial score (nSPS) is 16.0. The zero-order chi connectivity index (χ0) is 17.3. The van der Waals surface area contributed by atoms with Gasteiger partial charge in [-0.05, 0) is 31.2 Å². The number of benzene rings is 1. The van der Waals surface area contributed by atoms with E-state index in [2.05, 4.69) is 14.8 Å². The quantitative estimate of drug-likeness (QED) is 0.825. The van der Waals surface area contributed by atoms with E-state index in [1.807, 2.05) is 12.3 Å². The number of anilines is 2. The molecule has 9 heteroatoms. The Morgan fingerprint density at radius 1 is 1.08 bits per heavy atom. The summed E-state index contributed by atoms with van der Waals surface area (Å²) in [5, 5.41) is 3.02. The third-order valence-corrected chi connectivity index (χ3v) is 6.34. The fourth-order valence-electron chi connectivity index (χ4n) is 2.59. The molecule has 3 rings (SSSR count). The molecule has 1 aromatic carbocycles. The van der Waals surface area contributed by atoms with Crippen molar-refractivity contribution in [3.05, 3.63) is 35.3 Å². The molecule has 1 aromatic heterocycles. The highest BCUT2D eigenvalue weighted by molar-refractivity contribution is 7.91. The maximum Gasteiger partial charge on any atom is 0.341 e. The molecule has 0 unspecified atom stereocenters. The van der Waals surface area contributed by atoms with Gasteiger partial charge in [-0.2, -0.15) is 8.78 Å². The predicted molar refractivity (Wildman–Crippen MR) is 90.9 cm³/mol. The summed E-state index contributed by atoms with van der Waals surface area (Å²) in [5.74, 6) is -3.39. The summed E-state index contributed by atoms with van der Waals surface area (Å²) in [4.78, 5) is 8.45. The zero-order valence-electron chi connectivity index (χ0n) is 13.0. The molecule has 130 valence electrons. The molecular weight excluding hydrogens is 356 g/mol. The molecule has 24 heavy (non-hydrogen) atoms. The van der Waals surface area contributed by atoms with Crippen molar-refractivity contribution in [1.82, 2.24) is 4.98 Å². The highest BCUT2D eigenvalue weighted by atomic mass is 32.2. The highest BCUT2D eigenvalue weighted by Gasteiger charge is 2.27. The maximum atomic E-state index is 12.6. The molecule has 1 fully saturated rings. The molecule has 1 aliphatic rings. The van der Waals surface area contributed by atoms with E-state index in [-0.39, 0.29) is 4.90 Å². The molecule has 1 saturated heterocycles. The molecule has 0 bridgehead atoms. The Balaban J connectivity index is 1.66. The second-order valence-electron chi connectivity index (χ2n) is 5.55. The number of rotatable bonds is 4. The van der Waals surface area contributed by atoms with E-state index in [4.69, 9.17) is 0 Å². The van der Waals surface area contributed by atoms with E-state index >= 15 is 0 Å². The van der Waals surface area contributed by atoms with Gasteiger partial charge in [0.1, 0.15) is 0 Å². The van der Waals surface area contributed by atoms with Crippen LogP contribution in [0.25, 0.3) is 0 Å². The Morgan fingerprint density at radius 2 is 1.67 bits per heavy atom. The Hall–Kier alpha value is -1.74. The average molecular weight is 373 g/mol. The number of nitrogens with zero attached hydrogens (tertiary/aromatic N) is 3. The van der Waals surface area contributed by atoms with E-state index in [1.54, 1.807) is 23.5 Å². The van der Waals surface area contributed by atoms with Gasteiger partial charge in [0.15, 0.2) is 5.13 Å². The first-order chi connectivity index (χ1) is 11.4. The molecule has 0 aliphatic carbocycles. The van der Waals surface area contributed by atoms with Gasteiger partial charge in [0.25, 0.3) is 0 Å². The molecular formula is C15H17F2N3O2S2. The monoisotopic (exact) mass is 373 g/mol. The molecule has 0 atom stereocenters. The van der Waals surface area contributed by atoms with Crippen LogP contribution in [0, 0.1) is 6.92 Å². The number of piperazine rings is 1. The third-order valence-electron chi connectivity index (χ3n) is 3.92. The van der Waals surface area contributed by atoms with Crippen LogP contribution in [-0.2, 0) is 9.84 Å². The summed E-state index contributed by atoms with van der Waals surface area (Å²) >= 11 is 1.62. The SMILES string of the molecule is Cc1csc(N2CCN(c3ccc(S(=O)(=O)C(F)F)cc3)CC2)n1. The van der Waals surface area contributed by atoms with Crippen molar-refractivity contribution in [2.45, 2.75) is 17.6 Å². The standard InChI is InChI=1S/C15H17F2N3O2S2/c1-11-10-23-15(18-11)20-8-6-19(7-9-20)12-2-4-13(5-3-12)24(21,22)14(16)17/h2-5,10,14H,6-9H2,1H3. The van der Waals surface area contributed by atoms with E-state index in [0.717, 1.165) is 42.7 Å². The van der Waals surface area contributed by atoms with Crippen LogP contribution in [0.2, 0.25) is 0 Å². The topological polar surface area (TPSA) is 53.5 Å². The number of thiazole rings is 1. The second-order valence-corrected chi connectivity index (χ2v) is 8.30. The molecule has 0 amide bonds. The summed E-state index contributed by atoms with van der Waals surface area (Å²) in [6.07, 6.45) is 0. The van der Waals surface area contributed by atoms with Crippen LogP contribution in [0.5, 0.6) is 0 Å². The van der Waals surface area contributed by atoms with Crippen molar-refractivity contribution in [1.29, 1.82) is 0 Å². The second kappa shape index (κ2) is 6.64. The van der Waals surface area contributed by atoms with Crippen molar-refractivity contribution in [2.24, 2.45) is 0 Å². The van der Waals surface area contributed by atoms with Crippen molar-refractivity contribution in [2.75, 3.05) is 36.0 Å². The van der Waals surface area contributed by atoms with Gasteiger partial charge in [0.05, 0.1) is 10.6 Å². The number of halogens is 2. The Bertz CT molecular complexity index is 798. The summed E-state index contributed by atoms with van der Waals surface area (Å²) in [7, 11) is -4.53. The predicted octanol–water partition coefficient (Wildman–Crippen LogP) is 2.77. The van der Waals surface area contributed by atoms with Gasteiger partial charge < -0.3 is 9.80 Å². The zero-order valence-corrected chi connectivity index (χ0v) is 14.7. The Morgan fingerprint density at radius 3 is 2.17 bits per heavy atom. The van der Waals surface area contributed by atoms with Gasteiger partial charge in [0, 0.05) is 37.2 Å². The first kappa shape index (κ1) is 17.1. The summed E-state index contributed by atoms with van der Waals surface area (Å²) in [6.45, 7) is 5.11. The minimum absolute atomic E-state index is 0.349. The van der Waals surface area contributed by atoms with E-state index < -0.39 is 15.6 Å². The molecule has 0 radical (unpaired) electrons. The molecule has 2 heterocycles. The van der Waals surface area contributed by atoms with Gasteiger partial charge in [-0.3, -0.25) is 0 Å². The Labute approximate surface area is 143 Å². The van der Waals surface area contributed by atoms with Gasteiger partial charge >= 0.3 is 5.76 Å². The van der Waals surface area contributed by atoms with Crippen LogP contribution in [0.4, 0.5) is 19.6 Å². The lowest BCUT2D eigenvalue weighted by Gasteiger charge is -2.36. The number of hydrogen-bond acceptors (Lipinski definition) is 6. The summed E-state index contributed by atoms with van der Waals surface area (Å²) in [6, 6.07) is 5.65. The maximum absolute atomic E-state index is 12.6. The van der Waals surface area contributed by atoms with Crippen molar-refractivity contribution >= 4 is 32.0 Å². The largest absolute Gasteiger partial charge is 0.368 e. The summed E-state index contributed by atoms with van der Waals surface area (Å²) < 4.78 is 48.0. The van der Waals surface area contributed by atoms with Crippen molar-refractivity contribution in [3.8, 4) is 0 Å². The van der Waals surface area contributed by atoms with Gasteiger partial charge in [-0.15, -0.1) is 11.3 Å². The smallest absolute Gasteiger partial charge is 0.341 e. The minimum atomic E-state index is -4.53. The lowest BCUT2D eigenvalue weighted by molar-refractivity contribution is 0.234. The molecule has 5 nitrogen and oxygen atoms in total. The Kier molecular flexibility index (Phi) is 4.73. The number of hydrogen-bond donors (Lipinski definition) is 0. The van der Waals surface area contributed by atoms with Crippen LogP contribution in [0.15, 0.2) is 34.5 Å². The number of alkyl halides is 2.